The second-order valence-corrected chi connectivity index (χ2v) is 5.52. The fourth-order valence-corrected chi connectivity index (χ4v) is 1.42. The third-order valence-electron chi connectivity index (χ3n) is 2.29. The van der Waals surface area contributed by atoms with Crippen molar-refractivity contribution >= 4 is 29.1 Å². The molecule has 0 atom stereocenters. The van der Waals surface area contributed by atoms with E-state index < -0.39 is 0 Å². The monoisotopic (exact) mass is 289 g/mol. The summed E-state index contributed by atoms with van der Waals surface area (Å²) in [7, 11) is 0. The second-order valence-electron chi connectivity index (χ2n) is 4.82. The highest BCUT2D eigenvalue weighted by molar-refractivity contribution is 6.30. The van der Waals surface area contributed by atoms with Gasteiger partial charge in [0.1, 0.15) is 5.75 Å². The molecule has 0 aliphatic heterocycles. The molecule has 0 unspecified atom stereocenters. The van der Waals surface area contributed by atoms with Gasteiger partial charge in [-0.15, -0.1) is 11.6 Å². The molecule has 1 N–H and O–H groups in total. The van der Waals surface area contributed by atoms with Gasteiger partial charge in [-0.05, 0) is 23.6 Å². The summed E-state index contributed by atoms with van der Waals surface area (Å²) in [6.07, 6.45) is 0. The van der Waals surface area contributed by atoms with Crippen LogP contribution in [0.4, 0.5) is 0 Å². The van der Waals surface area contributed by atoms with Gasteiger partial charge in [-0.2, -0.15) is 0 Å². The predicted molar refractivity (Wildman–Crippen MR) is 74.5 cm³/mol. The number of nitrogens with one attached hydrogen (secondary N) is 1. The zero-order valence-corrected chi connectivity index (χ0v) is 12.0. The van der Waals surface area contributed by atoms with Gasteiger partial charge in [0.2, 0.25) is 0 Å². The summed E-state index contributed by atoms with van der Waals surface area (Å²) in [5.74, 6) is 0.894. The zero-order chi connectivity index (χ0) is 13.6. The molecule has 0 aliphatic carbocycles. The van der Waals surface area contributed by atoms with Crippen LogP contribution in [0.3, 0.4) is 0 Å². The van der Waals surface area contributed by atoms with Crippen LogP contribution < -0.4 is 10.1 Å². The number of carbonyl (C=O) groups excluding carboxylic acids is 1. The van der Waals surface area contributed by atoms with Crippen molar-refractivity contribution in [2.75, 3.05) is 19.0 Å². The number of benzene rings is 1. The highest BCUT2D eigenvalue weighted by atomic mass is 35.5. The van der Waals surface area contributed by atoms with E-state index in [-0.39, 0.29) is 17.9 Å². The molecule has 0 aliphatic rings. The van der Waals surface area contributed by atoms with Crippen molar-refractivity contribution in [3.8, 4) is 5.75 Å². The number of halogens is 2. The molecule has 5 heteroatoms. The summed E-state index contributed by atoms with van der Waals surface area (Å²) in [5, 5.41) is 3.36. The van der Waals surface area contributed by atoms with Crippen LogP contribution in [0.5, 0.6) is 5.75 Å². The number of rotatable bonds is 6. The molecule has 18 heavy (non-hydrogen) atoms. The molecule has 0 bridgehead atoms. The zero-order valence-electron chi connectivity index (χ0n) is 10.5. The second kappa shape index (κ2) is 6.86. The smallest absolute Gasteiger partial charge is 0.257 e. The first kappa shape index (κ1) is 15.1. The van der Waals surface area contributed by atoms with Crippen LogP contribution in [0.2, 0.25) is 5.02 Å². The molecule has 1 aromatic carbocycles. The number of hydrogen-bond acceptors (Lipinski definition) is 2. The number of carbonyl (C=O) groups is 1. The minimum atomic E-state index is -0.173. The Labute approximate surface area is 117 Å². The van der Waals surface area contributed by atoms with Gasteiger partial charge < -0.3 is 10.1 Å². The Bertz CT molecular complexity index is 408. The summed E-state index contributed by atoms with van der Waals surface area (Å²) in [4.78, 5) is 11.6. The van der Waals surface area contributed by atoms with Crippen LogP contribution in [0.25, 0.3) is 0 Å². The van der Waals surface area contributed by atoms with Crippen molar-refractivity contribution in [3.63, 3.8) is 0 Å². The molecule has 0 heterocycles. The van der Waals surface area contributed by atoms with Gasteiger partial charge in [0, 0.05) is 17.4 Å². The summed E-state index contributed by atoms with van der Waals surface area (Å²) < 4.78 is 5.32. The molecule has 0 saturated heterocycles. The number of amides is 1. The van der Waals surface area contributed by atoms with E-state index in [1.807, 2.05) is 13.8 Å². The molecule has 1 rings (SSSR count). The quantitative estimate of drug-likeness (QED) is 0.818. The molecule has 1 aromatic rings. The van der Waals surface area contributed by atoms with E-state index in [0.29, 0.717) is 23.2 Å². The molecular formula is C13H17Cl2NO2. The van der Waals surface area contributed by atoms with Crippen LogP contribution >= 0.6 is 23.2 Å². The summed E-state index contributed by atoms with van der Waals surface area (Å²) in [6.45, 7) is 4.46. The Balaban J connectivity index is 2.34. The largest absolute Gasteiger partial charge is 0.484 e. The van der Waals surface area contributed by atoms with Gasteiger partial charge in [0.05, 0.1) is 0 Å². The number of alkyl halides is 1. The third-order valence-corrected chi connectivity index (χ3v) is 3.25. The van der Waals surface area contributed by atoms with Crippen LogP contribution in [0, 0.1) is 5.41 Å². The maximum atomic E-state index is 11.6. The lowest BCUT2D eigenvalue weighted by Crippen LogP contribution is -2.37. The van der Waals surface area contributed by atoms with E-state index in [2.05, 4.69) is 5.32 Å². The minimum absolute atomic E-state index is 0.0291. The van der Waals surface area contributed by atoms with Gasteiger partial charge in [-0.1, -0.05) is 31.5 Å². The van der Waals surface area contributed by atoms with Crippen molar-refractivity contribution in [2.24, 2.45) is 5.41 Å². The topological polar surface area (TPSA) is 38.3 Å². The molecule has 1 amide bonds. The lowest BCUT2D eigenvalue weighted by atomic mass is 9.97. The SMILES string of the molecule is CC(C)(CCl)CNC(=O)COc1cccc(Cl)c1. The van der Waals surface area contributed by atoms with Crippen LogP contribution in [-0.4, -0.2) is 24.9 Å². The Hall–Kier alpha value is -0.930. The van der Waals surface area contributed by atoms with Crippen molar-refractivity contribution < 1.29 is 9.53 Å². The van der Waals surface area contributed by atoms with Gasteiger partial charge in [0.15, 0.2) is 6.61 Å². The van der Waals surface area contributed by atoms with Gasteiger partial charge in [0.25, 0.3) is 5.91 Å². The molecule has 0 radical (unpaired) electrons. The van der Waals surface area contributed by atoms with Crippen LogP contribution in [0.15, 0.2) is 24.3 Å². The first-order valence-electron chi connectivity index (χ1n) is 5.64. The molecule has 0 fully saturated rings. The summed E-state index contributed by atoms with van der Waals surface area (Å²) >= 11 is 11.6. The fourth-order valence-electron chi connectivity index (χ4n) is 1.14. The van der Waals surface area contributed by atoms with Gasteiger partial charge >= 0.3 is 0 Å². The Kier molecular flexibility index (Phi) is 5.76. The lowest BCUT2D eigenvalue weighted by Gasteiger charge is -2.21. The van der Waals surface area contributed by atoms with E-state index in [9.17, 15) is 4.79 Å². The van der Waals surface area contributed by atoms with Crippen molar-refractivity contribution in [1.29, 1.82) is 0 Å². The lowest BCUT2D eigenvalue weighted by molar-refractivity contribution is -0.123. The first-order chi connectivity index (χ1) is 8.43. The predicted octanol–water partition coefficient (Wildman–Crippen LogP) is 3.10. The highest BCUT2D eigenvalue weighted by Crippen LogP contribution is 2.17. The molecule has 0 aromatic heterocycles. The summed E-state index contributed by atoms with van der Waals surface area (Å²) in [5.41, 5.74) is -0.118. The first-order valence-corrected chi connectivity index (χ1v) is 6.55. The van der Waals surface area contributed by atoms with E-state index in [0.717, 1.165) is 0 Å². The average Bonchev–Trinajstić information content (AvgIpc) is 2.34. The van der Waals surface area contributed by atoms with Crippen LogP contribution in [-0.2, 0) is 4.79 Å². The molecule has 0 saturated carbocycles. The number of hydrogen-bond donors (Lipinski definition) is 1. The van der Waals surface area contributed by atoms with Crippen molar-refractivity contribution in [3.05, 3.63) is 29.3 Å². The Morgan fingerprint density at radius 1 is 1.44 bits per heavy atom. The summed E-state index contributed by atoms with van der Waals surface area (Å²) in [6, 6.07) is 6.93. The standard InChI is InChI=1S/C13H17Cl2NO2/c1-13(2,8-14)9-16-12(17)7-18-11-5-3-4-10(15)6-11/h3-6H,7-9H2,1-2H3,(H,16,17). The van der Waals surface area contributed by atoms with E-state index >= 15 is 0 Å². The molecule has 0 spiro atoms. The van der Waals surface area contributed by atoms with Crippen LogP contribution in [0.1, 0.15) is 13.8 Å². The van der Waals surface area contributed by atoms with Crippen molar-refractivity contribution in [2.45, 2.75) is 13.8 Å². The minimum Gasteiger partial charge on any atom is -0.484 e. The average molecular weight is 290 g/mol. The fraction of sp³-hybridized carbons (Fsp3) is 0.462. The van der Waals surface area contributed by atoms with Gasteiger partial charge in [-0.3, -0.25) is 4.79 Å². The molecular weight excluding hydrogens is 273 g/mol. The van der Waals surface area contributed by atoms with Gasteiger partial charge in [-0.25, -0.2) is 0 Å². The Morgan fingerprint density at radius 3 is 2.78 bits per heavy atom. The molecule has 100 valence electrons. The van der Waals surface area contributed by atoms with E-state index in [1.54, 1.807) is 24.3 Å². The normalized spacial score (nSPS) is 11.1. The Morgan fingerprint density at radius 2 is 2.17 bits per heavy atom. The maximum Gasteiger partial charge on any atom is 0.257 e. The molecule has 3 nitrogen and oxygen atoms in total. The van der Waals surface area contributed by atoms with E-state index in [1.165, 1.54) is 0 Å². The van der Waals surface area contributed by atoms with Crippen molar-refractivity contribution in [1.82, 2.24) is 5.32 Å². The number of ether oxygens (including phenoxy) is 1. The van der Waals surface area contributed by atoms with E-state index in [4.69, 9.17) is 27.9 Å². The highest BCUT2D eigenvalue weighted by Gasteiger charge is 2.17. The third kappa shape index (κ3) is 5.61. The maximum absolute atomic E-state index is 11.6.